The highest BCUT2D eigenvalue weighted by Gasteiger charge is 2.32. The van der Waals surface area contributed by atoms with E-state index in [1.807, 2.05) is 83.9 Å². The number of aromatic hydroxyl groups is 1. The molecular weight excluding hydrogens is 398 g/mol. The highest BCUT2D eigenvalue weighted by Crippen LogP contribution is 2.40. The van der Waals surface area contributed by atoms with Crippen molar-refractivity contribution in [2.75, 3.05) is 5.01 Å². The molecule has 5 heteroatoms. The van der Waals surface area contributed by atoms with Crippen molar-refractivity contribution in [2.45, 2.75) is 12.5 Å². The number of pyridine rings is 1. The SMILES string of the molecule is O=C(c1ccccc1)c1cccc(N2N=C(c3cccnc3)CC2c2ccccc2O)c1. The summed E-state index contributed by atoms with van der Waals surface area (Å²) in [6.45, 7) is 0. The van der Waals surface area contributed by atoms with E-state index in [9.17, 15) is 9.90 Å². The van der Waals surface area contributed by atoms with Crippen molar-refractivity contribution in [3.8, 4) is 5.75 Å². The zero-order valence-electron chi connectivity index (χ0n) is 17.3. The number of ketones is 1. The van der Waals surface area contributed by atoms with Crippen LogP contribution in [0, 0.1) is 0 Å². The quantitative estimate of drug-likeness (QED) is 0.442. The largest absolute Gasteiger partial charge is 0.508 e. The maximum Gasteiger partial charge on any atom is 0.193 e. The molecule has 0 spiro atoms. The summed E-state index contributed by atoms with van der Waals surface area (Å²) in [5.41, 5.74) is 4.63. The van der Waals surface area contributed by atoms with Crippen LogP contribution >= 0.6 is 0 Å². The first-order valence-electron chi connectivity index (χ1n) is 10.5. The second-order valence-corrected chi connectivity index (χ2v) is 7.66. The Hall–Kier alpha value is -4.25. The molecule has 3 aromatic carbocycles. The molecule has 1 N–H and O–H groups in total. The van der Waals surface area contributed by atoms with Crippen LogP contribution in [0.1, 0.15) is 39.5 Å². The molecule has 1 aliphatic heterocycles. The Labute approximate surface area is 186 Å². The lowest BCUT2D eigenvalue weighted by Gasteiger charge is -2.25. The summed E-state index contributed by atoms with van der Waals surface area (Å²) >= 11 is 0. The van der Waals surface area contributed by atoms with E-state index < -0.39 is 0 Å². The molecule has 1 atom stereocenters. The third-order valence-corrected chi connectivity index (χ3v) is 5.61. The van der Waals surface area contributed by atoms with Crippen molar-refractivity contribution in [1.29, 1.82) is 0 Å². The van der Waals surface area contributed by atoms with Gasteiger partial charge in [-0.25, -0.2) is 0 Å². The van der Waals surface area contributed by atoms with Crippen molar-refractivity contribution < 1.29 is 9.90 Å². The number of aromatic nitrogens is 1. The predicted octanol–water partition coefficient (Wildman–Crippen LogP) is 5.37. The summed E-state index contributed by atoms with van der Waals surface area (Å²) in [6.07, 6.45) is 4.13. The van der Waals surface area contributed by atoms with Gasteiger partial charge >= 0.3 is 0 Å². The van der Waals surface area contributed by atoms with E-state index in [0.29, 0.717) is 17.5 Å². The maximum atomic E-state index is 13.0. The molecule has 156 valence electrons. The van der Waals surface area contributed by atoms with Crippen LogP contribution < -0.4 is 5.01 Å². The van der Waals surface area contributed by atoms with E-state index in [1.54, 1.807) is 24.5 Å². The van der Waals surface area contributed by atoms with Gasteiger partial charge in [-0.05, 0) is 24.3 Å². The van der Waals surface area contributed by atoms with Gasteiger partial charge < -0.3 is 5.11 Å². The van der Waals surface area contributed by atoms with Gasteiger partial charge in [0.1, 0.15) is 5.75 Å². The van der Waals surface area contributed by atoms with E-state index in [2.05, 4.69) is 4.98 Å². The molecule has 5 nitrogen and oxygen atoms in total. The van der Waals surface area contributed by atoms with E-state index in [-0.39, 0.29) is 17.6 Å². The molecular formula is C27H21N3O2. The highest BCUT2D eigenvalue weighted by atomic mass is 16.3. The predicted molar refractivity (Wildman–Crippen MR) is 125 cm³/mol. The molecule has 1 unspecified atom stereocenters. The first-order valence-corrected chi connectivity index (χ1v) is 10.5. The van der Waals surface area contributed by atoms with Crippen LogP contribution in [0.25, 0.3) is 0 Å². The Morgan fingerprint density at radius 2 is 1.66 bits per heavy atom. The fourth-order valence-corrected chi connectivity index (χ4v) is 4.01. The molecule has 0 saturated heterocycles. The van der Waals surface area contributed by atoms with E-state index in [4.69, 9.17) is 5.10 Å². The number of hydrogen-bond donors (Lipinski definition) is 1. The van der Waals surface area contributed by atoms with Gasteiger partial charge in [-0.3, -0.25) is 14.8 Å². The van der Waals surface area contributed by atoms with Gasteiger partial charge in [0.2, 0.25) is 0 Å². The van der Waals surface area contributed by atoms with Crippen molar-refractivity contribution in [3.63, 3.8) is 0 Å². The zero-order valence-corrected chi connectivity index (χ0v) is 17.3. The molecule has 2 heterocycles. The Kier molecular flexibility index (Phi) is 5.22. The minimum atomic E-state index is -0.200. The minimum absolute atomic E-state index is 0.0396. The number of hydrazone groups is 1. The van der Waals surface area contributed by atoms with Crippen LogP contribution in [-0.4, -0.2) is 21.6 Å². The van der Waals surface area contributed by atoms with E-state index in [1.165, 1.54) is 0 Å². The number of phenols is 1. The average Bonchev–Trinajstić information content (AvgIpc) is 3.30. The summed E-state index contributed by atoms with van der Waals surface area (Å²) < 4.78 is 0. The van der Waals surface area contributed by atoms with Gasteiger partial charge in [0, 0.05) is 41.1 Å². The topological polar surface area (TPSA) is 65.8 Å². The number of anilines is 1. The molecule has 0 aliphatic carbocycles. The molecule has 0 fully saturated rings. The van der Waals surface area contributed by atoms with Crippen molar-refractivity contribution in [1.82, 2.24) is 4.98 Å². The van der Waals surface area contributed by atoms with Gasteiger partial charge in [-0.2, -0.15) is 5.10 Å². The molecule has 0 saturated carbocycles. The Balaban J connectivity index is 1.56. The Morgan fingerprint density at radius 1 is 0.875 bits per heavy atom. The number of benzene rings is 3. The summed E-state index contributed by atoms with van der Waals surface area (Å²) in [6, 6.07) is 27.7. The smallest absolute Gasteiger partial charge is 0.193 e. The summed E-state index contributed by atoms with van der Waals surface area (Å²) in [5, 5.41) is 17.3. The van der Waals surface area contributed by atoms with E-state index >= 15 is 0 Å². The number of para-hydroxylation sites is 1. The summed E-state index contributed by atoms with van der Waals surface area (Å²) in [7, 11) is 0. The Bertz CT molecular complexity index is 1290. The van der Waals surface area contributed by atoms with Gasteiger partial charge in [-0.1, -0.05) is 66.7 Å². The van der Waals surface area contributed by atoms with Gasteiger partial charge in [0.25, 0.3) is 0 Å². The first-order chi connectivity index (χ1) is 15.7. The fraction of sp³-hybridized carbons (Fsp3) is 0.0741. The third-order valence-electron chi connectivity index (χ3n) is 5.61. The van der Waals surface area contributed by atoms with Crippen LogP contribution in [0.3, 0.4) is 0 Å². The van der Waals surface area contributed by atoms with Gasteiger partial charge in [0.15, 0.2) is 5.78 Å². The van der Waals surface area contributed by atoms with Crippen molar-refractivity contribution in [2.24, 2.45) is 5.10 Å². The average molecular weight is 419 g/mol. The number of nitrogens with zero attached hydrogens (tertiary/aromatic N) is 3. The summed E-state index contributed by atoms with van der Waals surface area (Å²) in [4.78, 5) is 17.2. The fourth-order valence-electron chi connectivity index (χ4n) is 4.01. The third kappa shape index (κ3) is 3.76. The first kappa shape index (κ1) is 19.7. The highest BCUT2D eigenvalue weighted by molar-refractivity contribution is 6.09. The number of hydrogen-bond acceptors (Lipinski definition) is 5. The molecule has 0 bridgehead atoms. The molecule has 1 aromatic heterocycles. The normalized spacial score (nSPS) is 15.4. The lowest BCUT2D eigenvalue weighted by molar-refractivity contribution is 0.103. The van der Waals surface area contributed by atoms with Crippen LogP contribution in [0.15, 0.2) is 108 Å². The zero-order chi connectivity index (χ0) is 21.9. The van der Waals surface area contributed by atoms with Gasteiger partial charge in [0.05, 0.1) is 17.4 Å². The Morgan fingerprint density at radius 3 is 2.44 bits per heavy atom. The molecule has 0 amide bonds. The lowest BCUT2D eigenvalue weighted by Crippen LogP contribution is -2.19. The number of carbonyl (C=O) groups is 1. The van der Waals surface area contributed by atoms with Crippen molar-refractivity contribution >= 4 is 17.2 Å². The molecule has 5 rings (SSSR count). The summed E-state index contributed by atoms with van der Waals surface area (Å²) in [5.74, 6) is 0.184. The van der Waals surface area contributed by atoms with Crippen LogP contribution in [0.5, 0.6) is 5.75 Å². The number of carbonyl (C=O) groups excluding carboxylic acids is 1. The minimum Gasteiger partial charge on any atom is -0.508 e. The molecule has 4 aromatic rings. The van der Waals surface area contributed by atoms with Crippen LogP contribution in [0.4, 0.5) is 5.69 Å². The molecule has 1 aliphatic rings. The number of phenolic OH excluding ortho intramolecular Hbond substituents is 1. The maximum absolute atomic E-state index is 13.0. The standard InChI is InChI=1S/C27H21N3O2/c31-26-14-5-4-13-23(26)25-17-24(21-11-7-15-28-18-21)29-30(25)22-12-6-10-20(16-22)27(32)19-8-2-1-3-9-19/h1-16,18,25,31H,17H2. The van der Waals surface area contributed by atoms with Crippen LogP contribution in [-0.2, 0) is 0 Å². The van der Waals surface area contributed by atoms with E-state index in [0.717, 1.165) is 22.5 Å². The molecule has 32 heavy (non-hydrogen) atoms. The second kappa shape index (κ2) is 8.47. The lowest BCUT2D eigenvalue weighted by atomic mass is 9.97. The second-order valence-electron chi connectivity index (χ2n) is 7.66. The van der Waals surface area contributed by atoms with Gasteiger partial charge in [-0.15, -0.1) is 0 Å². The van der Waals surface area contributed by atoms with Crippen molar-refractivity contribution in [3.05, 3.63) is 126 Å². The number of rotatable bonds is 5. The molecule has 0 radical (unpaired) electrons. The monoisotopic (exact) mass is 419 g/mol. The van der Waals surface area contributed by atoms with Crippen LogP contribution in [0.2, 0.25) is 0 Å².